The topological polar surface area (TPSA) is 81.2 Å². The van der Waals surface area contributed by atoms with Crippen molar-refractivity contribution in [2.75, 3.05) is 30.0 Å². The Labute approximate surface area is 113 Å². The van der Waals surface area contributed by atoms with E-state index in [0.717, 1.165) is 6.42 Å². The molecule has 0 radical (unpaired) electrons. The molecule has 0 aliphatic carbocycles. The molecule has 1 atom stereocenters. The predicted molar refractivity (Wildman–Crippen MR) is 73.1 cm³/mol. The second kappa shape index (κ2) is 6.18. The predicted octanol–water partition coefficient (Wildman–Crippen LogP) is 1.11. The van der Waals surface area contributed by atoms with Gasteiger partial charge in [-0.05, 0) is 18.8 Å². The smallest absolute Gasteiger partial charge is 0.225 e. The first-order chi connectivity index (χ1) is 9.09. The molecule has 1 fully saturated rings. The second-order valence-corrected chi connectivity index (χ2v) is 6.95. The maximum absolute atomic E-state index is 11.3. The van der Waals surface area contributed by atoms with Crippen LogP contribution in [0, 0.1) is 5.92 Å². The van der Waals surface area contributed by atoms with E-state index < -0.39 is 9.84 Å². The molecule has 1 unspecified atom stereocenters. The van der Waals surface area contributed by atoms with Gasteiger partial charge in [0, 0.05) is 18.8 Å². The van der Waals surface area contributed by atoms with Gasteiger partial charge in [-0.2, -0.15) is 4.98 Å². The standard InChI is InChI=1S/C12H19N3O3S/c1-2-6-18-11-3-5-13-12(15-11)14-8-10-4-7-19(16,17)9-10/h3,5,10H,2,4,6-9H2,1H3,(H,13,14,15). The fourth-order valence-corrected chi connectivity index (χ4v) is 3.84. The molecule has 19 heavy (non-hydrogen) atoms. The lowest BCUT2D eigenvalue weighted by Gasteiger charge is -2.10. The van der Waals surface area contributed by atoms with E-state index >= 15 is 0 Å². The van der Waals surface area contributed by atoms with Crippen molar-refractivity contribution in [2.45, 2.75) is 19.8 Å². The van der Waals surface area contributed by atoms with Crippen LogP contribution in [0.1, 0.15) is 19.8 Å². The molecule has 1 N–H and O–H groups in total. The Hall–Kier alpha value is -1.37. The largest absolute Gasteiger partial charge is 0.478 e. The van der Waals surface area contributed by atoms with Gasteiger partial charge in [-0.15, -0.1) is 0 Å². The molecular formula is C12H19N3O3S. The fourth-order valence-electron chi connectivity index (χ4n) is 1.98. The summed E-state index contributed by atoms with van der Waals surface area (Å²) >= 11 is 0. The Morgan fingerprint density at radius 3 is 3.05 bits per heavy atom. The molecule has 1 saturated heterocycles. The highest BCUT2D eigenvalue weighted by Gasteiger charge is 2.27. The van der Waals surface area contributed by atoms with Crippen LogP contribution in [0.3, 0.4) is 0 Å². The van der Waals surface area contributed by atoms with E-state index in [-0.39, 0.29) is 11.7 Å². The monoisotopic (exact) mass is 285 g/mol. The molecule has 1 aromatic rings. The third kappa shape index (κ3) is 4.34. The zero-order chi connectivity index (χ0) is 13.7. The molecule has 1 aliphatic rings. The number of rotatable bonds is 6. The van der Waals surface area contributed by atoms with Gasteiger partial charge in [0.1, 0.15) is 0 Å². The third-order valence-electron chi connectivity index (χ3n) is 2.96. The van der Waals surface area contributed by atoms with Gasteiger partial charge in [-0.1, -0.05) is 6.92 Å². The van der Waals surface area contributed by atoms with Gasteiger partial charge in [0.25, 0.3) is 0 Å². The average molecular weight is 285 g/mol. The van der Waals surface area contributed by atoms with Gasteiger partial charge < -0.3 is 10.1 Å². The number of hydrogen-bond donors (Lipinski definition) is 1. The van der Waals surface area contributed by atoms with Crippen molar-refractivity contribution in [2.24, 2.45) is 5.92 Å². The summed E-state index contributed by atoms with van der Waals surface area (Å²) in [6, 6.07) is 1.71. The van der Waals surface area contributed by atoms with E-state index in [4.69, 9.17) is 4.74 Å². The van der Waals surface area contributed by atoms with E-state index in [1.54, 1.807) is 12.3 Å². The molecule has 2 heterocycles. The van der Waals surface area contributed by atoms with Crippen LogP contribution in [0.2, 0.25) is 0 Å². The molecule has 0 aromatic carbocycles. The minimum Gasteiger partial charge on any atom is -0.478 e. The van der Waals surface area contributed by atoms with E-state index in [1.807, 2.05) is 6.92 Å². The Bertz CT molecular complexity index is 519. The van der Waals surface area contributed by atoms with E-state index in [0.29, 0.717) is 37.2 Å². The molecule has 1 aromatic heterocycles. The van der Waals surface area contributed by atoms with Crippen LogP contribution in [0.25, 0.3) is 0 Å². The minimum atomic E-state index is -2.83. The van der Waals surface area contributed by atoms with Crippen LogP contribution in [0.4, 0.5) is 5.95 Å². The molecule has 6 nitrogen and oxygen atoms in total. The van der Waals surface area contributed by atoms with E-state index in [1.165, 1.54) is 0 Å². The lowest BCUT2D eigenvalue weighted by Crippen LogP contribution is -2.17. The molecule has 0 spiro atoms. The summed E-state index contributed by atoms with van der Waals surface area (Å²) in [4.78, 5) is 8.31. The first-order valence-corrected chi connectivity index (χ1v) is 8.31. The molecule has 0 saturated carbocycles. The van der Waals surface area contributed by atoms with Crippen LogP contribution in [0.5, 0.6) is 5.88 Å². The highest BCUT2D eigenvalue weighted by Crippen LogP contribution is 2.18. The summed E-state index contributed by atoms with van der Waals surface area (Å²) in [5, 5.41) is 3.07. The maximum atomic E-state index is 11.3. The Kier molecular flexibility index (Phi) is 4.57. The van der Waals surface area contributed by atoms with Gasteiger partial charge in [-0.25, -0.2) is 13.4 Å². The lowest BCUT2D eigenvalue weighted by molar-refractivity contribution is 0.305. The number of ether oxygens (including phenoxy) is 1. The molecule has 7 heteroatoms. The number of nitrogens with zero attached hydrogens (tertiary/aromatic N) is 2. The molecule has 106 valence electrons. The Balaban J connectivity index is 1.86. The van der Waals surface area contributed by atoms with Crippen LogP contribution in [0.15, 0.2) is 12.3 Å². The number of nitrogens with one attached hydrogen (secondary N) is 1. The van der Waals surface area contributed by atoms with Crippen molar-refractivity contribution in [3.05, 3.63) is 12.3 Å². The fraction of sp³-hybridized carbons (Fsp3) is 0.667. The summed E-state index contributed by atoms with van der Waals surface area (Å²) in [5.41, 5.74) is 0. The Morgan fingerprint density at radius 1 is 1.53 bits per heavy atom. The van der Waals surface area contributed by atoms with Gasteiger partial charge in [0.2, 0.25) is 11.8 Å². The van der Waals surface area contributed by atoms with Crippen molar-refractivity contribution >= 4 is 15.8 Å². The van der Waals surface area contributed by atoms with Crippen molar-refractivity contribution in [1.82, 2.24) is 9.97 Å². The summed E-state index contributed by atoms with van der Waals surface area (Å²) < 4.78 is 28.1. The summed E-state index contributed by atoms with van der Waals surface area (Å²) in [6.07, 6.45) is 3.26. The number of hydrogen-bond acceptors (Lipinski definition) is 6. The highest BCUT2D eigenvalue weighted by atomic mass is 32.2. The molecular weight excluding hydrogens is 266 g/mol. The van der Waals surface area contributed by atoms with Gasteiger partial charge in [-0.3, -0.25) is 0 Å². The van der Waals surface area contributed by atoms with Crippen molar-refractivity contribution in [3.8, 4) is 5.88 Å². The zero-order valence-corrected chi connectivity index (χ0v) is 11.8. The van der Waals surface area contributed by atoms with Crippen molar-refractivity contribution < 1.29 is 13.2 Å². The first-order valence-electron chi connectivity index (χ1n) is 6.49. The van der Waals surface area contributed by atoms with Crippen LogP contribution in [-0.4, -0.2) is 43.0 Å². The quantitative estimate of drug-likeness (QED) is 0.843. The lowest BCUT2D eigenvalue weighted by atomic mass is 10.1. The average Bonchev–Trinajstić information content (AvgIpc) is 2.74. The second-order valence-electron chi connectivity index (χ2n) is 4.72. The number of sulfone groups is 1. The number of anilines is 1. The zero-order valence-electron chi connectivity index (χ0n) is 11.0. The Morgan fingerprint density at radius 2 is 2.37 bits per heavy atom. The van der Waals surface area contributed by atoms with E-state index in [2.05, 4.69) is 15.3 Å². The third-order valence-corrected chi connectivity index (χ3v) is 4.80. The van der Waals surface area contributed by atoms with Crippen LogP contribution >= 0.6 is 0 Å². The van der Waals surface area contributed by atoms with Gasteiger partial charge >= 0.3 is 0 Å². The van der Waals surface area contributed by atoms with Crippen molar-refractivity contribution in [3.63, 3.8) is 0 Å². The summed E-state index contributed by atoms with van der Waals surface area (Å²) in [5.74, 6) is 1.72. The summed E-state index contributed by atoms with van der Waals surface area (Å²) in [6.45, 7) is 3.23. The van der Waals surface area contributed by atoms with Crippen LogP contribution < -0.4 is 10.1 Å². The maximum Gasteiger partial charge on any atom is 0.225 e. The van der Waals surface area contributed by atoms with Gasteiger partial charge in [0.05, 0.1) is 18.1 Å². The molecule has 0 bridgehead atoms. The molecule has 1 aliphatic heterocycles. The van der Waals surface area contributed by atoms with Gasteiger partial charge in [0.15, 0.2) is 9.84 Å². The highest BCUT2D eigenvalue weighted by molar-refractivity contribution is 7.91. The molecule has 2 rings (SSSR count). The molecule has 0 amide bonds. The van der Waals surface area contributed by atoms with Crippen LogP contribution in [-0.2, 0) is 9.84 Å². The van der Waals surface area contributed by atoms with Crippen molar-refractivity contribution in [1.29, 1.82) is 0 Å². The summed E-state index contributed by atoms with van der Waals surface area (Å²) in [7, 11) is -2.83. The normalized spacial score (nSPS) is 21.2. The first kappa shape index (κ1) is 14.0. The SMILES string of the molecule is CCCOc1ccnc(NCC2CCS(=O)(=O)C2)n1. The number of aromatic nitrogens is 2. The van der Waals surface area contributed by atoms with E-state index in [9.17, 15) is 8.42 Å². The minimum absolute atomic E-state index is 0.147.